The van der Waals surface area contributed by atoms with Gasteiger partial charge in [0.1, 0.15) is 0 Å². The Kier molecular flexibility index (Phi) is 5.11. The van der Waals surface area contributed by atoms with Crippen LogP contribution < -0.4 is 0 Å². The van der Waals surface area contributed by atoms with Crippen molar-refractivity contribution in [3.63, 3.8) is 0 Å². The fraction of sp³-hybridized carbons (Fsp3) is 0.286. The summed E-state index contributed by atoms with van der Waals surface area (Å²) in [7, 11) is 0. The standard InChI is InChI=1S/C14H16O4/c1-10-4-6-13(7-5-10)8-9-14(17-11(2)15)18-12(3)16/h4-9,14H,1-3H3. The van der Waals surface area contributed by atoms with E-state index in [1.165, 1.54) is 19.9 Å². The minimum absolute atomic E-state index is 0.505. The average molecular weight is 248 g/mol. The van der Waals surface area contributed by atoms with E-state index in [0.29, 0.717) is 0 Å². The predicted molar refractivity (Wildman–Crippen MR) is 67.5 cm³/mol. The molecule has 0 saturated carbocycles. The molecule has 1 aromatic carbocycles. The summed E-state index contributed by atoms with van der Waals surface area (Å²) in [5.41, 5.74) is 2.09. The molecular formula is C14H16O4. The smallest absolute Gasteiger partial charge is 0.305 e. The lowest BCUT2D eigenvalue weighted by Crippen LogP contribution is -2.19. The summed E-state index contributed by atoms with van der Waals surface area (Å²) in [5, 5.41) is 0. The molecule has 0 aromatic heterocycles. The van der Waals surface area contributed by atoms with Crippen LogP contribution in [0.25, 0.3) is 6.08 Å². The molecule has 96 valence electrons. The topological polar surface area (TPSA) is 52.6 Å². The van der Waals surface area contributed by atoms with E-state index in [4.69, 9.17) is 9.47 Å². The molecule has 4 heteroatoms. The maximum Gasteiger partial charge on any atom is 0.305 e. The van der Waals surface area contributed by atoms with E-state index in [1.807, 2.05) is 31.2 Å². The first kappa shape index (κ1) is 14.0. The van der Waals surface area contributed by atoms with Gasteiger partial charge in [-0.1, -0.05) is 35.9 Å². The van der Waals surface area contributed by atoms with Crippen molar-refractivity contribution in [2.45, 2.75) is 27.1 Å². The van der Waals surface area contributed by atoms with E-state index in [9.17, 15) is 9.59 Å². The van der Waals surface area contributed by atoms with Crippen LogP contribution in [0.2, 0.25) is 0 Å². The summed E-state index contributed by atoms with van der Waals surface area (Å²) >= 11 is 0. The van der Waals surface area contributed by atoms with Gasteiger partial charge in [0.25, 0.3) is 6.29 Å². The number of benzene rings is 1. The van der Waals surface area contributed by atoms with Crippen LogP contribution in [0.3, 0.4) is 0 Å². The molecule has 1 rings (SSSR count). The maximum absolute atomic E-state index is 10.8. The van der Waals surface area contributed by atoms with Crippen molar-refractivity contribution < 1.29 is 19.1 Å². The third-order valence-electron chi connectivity index (χ3n) is 2.09. The Labute approximate surface area is 106 Å². The van der Waals surface area contributed by atoms with Gasteiger partial charge in [-0.25, -0.2) is 0 Å². The first-order chi connectivity index (χ1) is 8.47. The molecule has 4 nitrogen and oxygen atoms in total. The number of hydrogen-bond donors (Lipinski definition) is 0. The second-order valence-corrected chi connectivity index (χ2v) is 3.86. The number of carbonyl (C=O) groups excluding carboxylic acids is 2. The van der Waals surface area contributed by atoms with E-state index in [2.05, 4.69) is 0 Å². The monoisotopic (exact) mass is 248 g/mol. The van der Waals surface area contributed by atoms with Gasteiger partial charge >= 0.3 is 11.9 Å². The number of hydrogen-bond acceptors (Lipinski definition) is 4. The third-order valence-corrected chi connectivity index (χ3v) is 2.09. The largest absolute Gasteiger partial charge is 0.421 e. The highest BCUT2D eigenvalue weighted by atomic mass is 16.7. The fourth-order valence-electron chi connectivity index (χ4n) is 1.30. The third kappa shape index (κ3) is 5.30. The Bertz CT molecular complexity index is 429. The molecule has 0 bridgehead atoms. The van der Waals surface area contributed by atoms with Crippen molar-refractivity contribution in [2.75, 3.05) is 0 Å². The van der Waals surface area contributed by atoms with Crippen molar-refractivity contribution in [1.29, 1.82) is 0 Å². The molecule has 18 heavy (non-hydrogen) atoms. The molecule has 0 heterocycles. The quantitative estimate of drug-likeness (QED) is 0.606. The fourth-order valence-corrected chi connectivity index (χ4v) is 1.30. The van der Waals surface area contributed by atoms with Crippen LogP contribution in [0.1, 0.15) is 25.0 Å². The van der Waals surface area contributed by atoms with Gasteiger partial charge in [-0.2, -0.15) is 0 Å². The predicted octanol–water partition coefficient (Wildman–Crippen LogP) is 2.46. The van der Waals surface area contributed by atoms with Crippen LogP contribution in [0.15, 0.2) is 30.3 Å². The van der Waals surface area contributed by atoms with Crippen LogP contribution in [0, 0.1) is 6.92 Å². The van der Waals surface area contributed by atoms with Crippen LogP contribution >= 0.6 is 0 Å². The highest BCUT2D eigenvalue weighted by Gasteiger charge is 2.10. The SMILES string of the molecule is CC(=O)OC(C=Cc1ccc(C)cc1)OC(C)=O. The minimum atomic E-state index is -0.985. The number of rotatable bonds is 4. The Hall–Kier alpha value is -2.10. The first-order valence-corrected chi connectivity index (χ1v) is 5.56. The van der Waals surface area contributed by atoms with Crippen molar-refractivity contribution in [3.8, 4) is 0 Å². The maximum atomic E-state index is 10.8. The number of aryl methyl sites for hydroxylation is 1. The molecule has 0 fully saturated rings. The Morgan fingerprint density at radius 1 is 1.06 bits per heavy atom. The van der Waals surface area contributed by atoms with Crippen LogP contribution in [-0.2, 0) is 19.1 Å². The molecule has 0 spiro atoms. The van der Waals surface area contributed by atoms with Gasteiger partial charge in [0.15, 0.2) is 0 Å². The van der Waals surface area contributed by atoms with Crippen molar-refractivity contribution in [1.82, 2.24) is 0 Å². The van der Waals surface area contributed by atoms with E-state index >= 15 is 0 Å². The molecule has 0 aliphatic rings. The normalized spacial score (nSPS) is 10.7. The summed E-state index contributed by atoms with van der Waals surface area (Å²) in [6.45, 7) is 4.51. The molecule has 0 aliphatic carbocycles. The second-order valence-electron chi connectivity index (χ2n) is 3.86. The summed E-state index contributed by atoms with van der Waals surface area (Å²) in [5.74, 6) is -1.01. The first-order valence-electron chi connectivity index (χ1n) is 5.56. The second kappa shape index (κ2) is 6.59. The van der Waals surface area contributed by atoms with Crippen molar-refractivity contribution in [2.24, 2.45) is 0 Å². The molecule has 0 unspecified atom stereocenters. The molecule has 0 N–H and O–H groups in total. The highest BCUT2D eigenvalue weighted by molar-refractivity contribution is 5.68. The summed E-state index contributed by atoms with van der Waals surface area (Å²) in [6.07, 6.45) is 2.27. The lowest BCUT2D eigenvalue weighted by Gasteiger charge is -2.12. The van der Waals surface area contributed by atoms with Gasteiger partial charge in [-0.05, 0) is 18.6 Å². The number of esters is 2. The summed E-state index contributed by atoms with van der Waals surface area (Å²) < 4.78 is 9.68. The van der Waals surface area contributed by atoms with Gasteiger partial charge in [0, 0.05) is 13.8 Å². The average Bonchev–Trinajstić information content (AvgIpc) is 2.26. The van der Waals surface area contributed by atoms with Gasteiger partial charge in [-0.3, -0.25) is 9.59 Å². The Morgan fingerprint density at radius 3 is 2.00 bits per heavy atom. The van der Waals surface area contributed by atoms with Crippen LogP contribution in [0.5, 0.6) is 0 Å². The summed E-state index contributed by atoms with van der Waals surface area (Å²) in [6, 6.07) is 7.77. The molecule has 1 aromatic rings. The van der Waals surface area contributed by atoms with Gasteiger partial charge in [0.2, 0.25) is 0 Å². The number of ether oxygens (including phenoxy) is 2. The lowest BCUT2D eigenvalue weighted by molar-refractivity contribution is -0.176. The molecular weight excluding hydrogens is 232 g/mol. The summed E-state index contributed by atoms with van der Waals surface area (Å²) in [4.78, 5) is 21.7. The van der Waals surface area contributed by atoms with E-state index in [1.54, 1.807) is 6.08 Å². The number of carbonyl (C=O) groups is 2. The molecule has 0 aliphatic heterocycles. The Balaban J connectivity index is 2.72. The molecule has 0 atom stereocenters. The van der Waals surface area contributed by atoms with Crippen molar-refractivity contribution >= 4 is 18.0 Å². The van der Waals surface area contributed by atoms with Gasteiger partial charge < -0.3 is 9.47 Å². The molecule has 0 saturated heterocycles. The minimum Gasteiger partial charge on any atom is -0.421 e. The van der Waals surface area contributed by atoms with E-state index in [-0.39, 0.29) is 0 Å². The Morgan fingerprint density at radius 2 is 1.56 bits per heavy atom. The van der Waals surface area contributed by atoms with E-state index in [0.717, 1.165) is 11.1 Å². The van der Waals surface area contributed by atoms with Gasteiger partial charge in [-0.15, -0.1) is 0 Å². The molecule has 0 amide bonds. The highest BCUT2D eigenvalue weighted by Crippen LogP contribution is 2.07. The van der Waals surface area contributed by atoms with E-state index < -0.39 is 18.2 Å². The zero-order chi connectivity index (χ0) is 13.5. The lowest BCUT2D eigenvalue weighted by atomic mass is 10.1. The van der Waals surface area contributed by atoms with Crippen molar-refractivity contribution in [3.05, 3.63) is 41.5 Å². The van der Waals surface area contributed by atoms with Crippen LogP contribution in [0.4, 0.5) is 0 Å². The zero-order valence-electron chi connectivity index (χ0n) is 10.7. The zero-order valence-corrected chi connectivity index (χ0v) is 10.7. The molecule has 0 radical (unpaired) electrons. The van der Waals surface area contributed by atoms with Crippen LogP contribution in [-0.4, -0.2) is 18.2 Å². The van der Waals surface area contributed by atoms with Gasteiger partial charge in [0.05, 0.1) is 0 Å².